The van der Waals surface area contributed by atoms with Crippen LogP contribution in [0.15, 0.2) is 0 Å². The zero-order valence-corrected chi connectivity index (χ0v) is 19.6. The molecule has 0 spiro atoms. The monoisotopic (exact) mass is 376 g/mol. The van der Waals surface area contributed by atoms with Crippen molar-refractivity contribution in [3.8, 4) is 0 Å². The Hall–Kier alpha value is 0.491. The highest BCUT2D eigenvalue weighted by Gasteiger charge is 2.40. The largest absolute Gasteiger partial charge is 0.437 e. The zero-order valence-electron chi connectivity index (χ0n) is 16.6. The summed E-state index contributed by atoms with van der Waals surface area (Å²) in [7, 11) is -5.28. The molecule has 0 amide bonds. The number of nitrogens with one attached hydrogen (secondary N) is 2. The molecule has 0 radical (unpaired) electrons. The van der Waals surface area contributed by atoms with Gasteiger partial charge in [0.05, 0.1) is 6.17 Å². The van der Waals surface area contributed by atoms with Crippen LogP contribution in [0.5, 0.6) is 0 Å². The quantitative estimate of drug-likeness (QED) is 0.652. The van der Waals surface area contributed by atoms with Gasteiger partial charge in [0.2, 0.25) is 0 Å². The van der Waals surface area contributed by atoms with Gasteiger partial charge >= 0.3 is 8.56 Å². The molecule has 1 rings (SSSR count). The van der Waals surface area contributed by atoms with Gasteiger partial charge in [-0.1, -0.05) is 12.8 Å². The first-order valence-corrected chi connectivity index (χ1v) is 18.7. The van der Waals surface area contributed by atoms with Crippen LogP contribution >= 0.6 is 0 Å². The van der Waals surface area contributed by atoms with Crippen LogP contribution in [0.4, 0.5) is 0 Å². The SMILES string of the molecule is C[Si](C)(C)O[Si](C)(CCC1NCCCCCCN1)O[Si](C)(C)C. The minimum absolute atomic E-state index is 0.412. The first kappa shape index (κ1) is 21.5. The summed E-state index contributed by atoms with van der Waals surface area (Å²) in [4.78, 5) is 0. The average Bonchev–Trinajstić information content (AvgIpc) is 2.45. The summed E-state index contributed by atoms with van der Waals surface area (Å²) in [6.45, 7) is 18.2. The lowest BCUT2D eigenvalue weighted by atomic mass is 10.2. The minimum Gasteiger partial charge on any atom is -0.437 e. The second kappa shape index (κ2) is 9.26. The third-order valence-corrected chi connectivity index (χ3v) is 13.4. The van der Waals surface area contributed by atoms with E-state index in [0.29, 0.717) is 6.17 Å². The van der Waals surface area contributed by atoms with Gasteiger partial charge in [-0.3, -0.25) is 0 Å². The highest BCUT2D eigenvalue weighted by Crippen LogP contribution is 2.26. The Morgan fingerprint density at radius 3 is 1.57 bits per heavy atom. The van der Waals surface area contributed by atoms with E-state index in [9.17, 15) is 0 Å². The molecule has 1 saturated heterocycles. The molecule has 0 aromatic carbocycles. The highest BCUT2D eigenvalue weighted by atomic mass is 28.5. The standard InChI is InChI=1S/C16H40N2O2Si3/c1-21(2,3)19-23(7,20-22(4,5)6)15-12-16-17-13-10-8-9-11-14-18-16/h16-18H,8-15H2,1-7H3. The Labute approximate surface area is 147 Å². The van der Waals surface area contributed by atoms with E-state index < -0.39 is 25.2 Å². The molecule has 0 aliphatic carbocycles. The van der Waals surface area contributed by atoms with Crippen LogP contribution in [0.25, 0.3) is 0 Å². The van der Waals surface area contributed by atoms with E-state index in [-0.39, 0.29) is 0 Å². The lowest BCUT2D eigenvalue weighted by Gasteiger charge is -2.39. The Bertz CT molecular complexity index is 317. The second-order valence-electron chi connectivity index (χ2n) is 8.98. The fourth-order valence-corrected chi connectivity index (χ4v) is 15.8. The predicted molar refractivity (Wildman–Crippen MR) is 108 cm³/mol. The van der Waals surface area contributed by atoms with Crippen molar-refractivity contribution < 1.29 is 8.23 Å². The van der Waals surface area contributed by atoms with E-state index in [4.69, 9.17) is 8.23 Å². The van der Waals surface area contributed by atoms with Gasteiger partial charge in [-0.15, -0.1) is 0 Å². The van der Waals surface area contributed by atoms with Crippen LogP contribution in [-0.4, -0.2) is 44.5 Å². The molecule has 4 nitrogen and oxygen atoms in total. The molecule has 0 aromatic heterocycles. The molecule has 0 unspecified atom stereocenters. The molecule has 1 fully saturated rings. The van der Waals surface area contributed by atoms with Crippen LogP contribution < -0.4 is 10.6 Å². The van der Waals surface area contributed by atoms with Crippen molar-refractivity contribution in [1.29, 1.82) is 0 Å². The Morgan fingerprint density at radius 1 is 0.739 bits per heavy atom. The molecular formula is C16H40N2O2Si3. The highest BCUT2D eigenvalue weighted by molar-refractivity contribution is 6.87. The van der Waals surface area contributed by atoms with Gasteiger partial charge in [-0.2, -0.15) is 0 Å². The zero-order chi connectivity index (χ0) is 17.6. The van der Waals surface area contributed by atoms with Gasteiger partial charge in [0, 0.05) is 0 Å². The minimum atomic E-state index is -2.10. The van der Waals surface area contributed by atoms with E-state index in [1.807, 2.05) is 0 Å². The molecule has 0 saturated carbocycles. The van der Waals surface area contributed by atoms with E-state index in [0.717, 1.165) is 25.6 Å². The maximum absolute atomic E-state index is 6.61. The molecule has 0 aromatic rings. The summed E-state index contributed by atoms with van der Waals surface area (Å²) in [5, 5.41) is 7.37. The maximum atomic E-state index is 6.61. The molecule has 23 heavy (non-hydrogen) atoms. The lowest BCUT2D eigenvalue weighted by molar-refractivity contribution is 0.361. The number of hydrogen-bond donors (Lipinski definition) is 2. The molecule has 0 bridgehead atoms. The molecule has 1 aliphatic heterocycles. The molecule has 138 valence electrons. The molecule has 0 atom stereocenters. The van der Waals surface area contributed by atoms with Gasteiger partial charge in [-0.05, 0) is 84.2 Å². The third kappa shape index (κ3) is 10.9. The molecular weight excluding hydrogens is 336 g/mol. The maximum Gasteiger partial charge on any atom is 0.314 e. The van der Waals surface area contributed by atoms with Gasteiger partial charge < -0.3 is 18.9 Å². The molecule has 7 heteroatoms. The van der Waals surface area contributed by atoms with Crippen molar-refractivity contribution in [3.63, 3.8) is 0 Å². The summed E-state index contributed by atoms with van der Waals surface area (Å²) in [6.07, 6.45) is 6.82. The van der Waals surface area contributed by atoms with Crippen LogP contribution in [0.3, 0.4) is 0 Å². The van der Waals surface area contributed by atoms with Crippen molar-refractivity contribution in [2.45, 2.75) is 90.1 Å². The third-order valence-electron chi connectivity index (χ3n) is 3.82. The molecule has 2 N–H and O–H groups in total. The van der Waals surface area contributed by atoms with Gasteiger partial charge in [0.25, 0.3) is 0 Å². The van der Waals surface area contributed by atoms with E-state index >= 15 is 0 Å². The van der Waals surface area contributed by atoms with Gasteiger partial charge in [0.15, 0.2) is 16.6 Å². The normalized spacial score (nSPS) is 20.0. The lowest BCUT2D eigenvalue weighted by Crippen LogP contribution is -2.54. The van der Waals surface area contributed by atoms with Crippen LogP contribution in [0.2, 0.25) is 51.9 Å². The second-order valence-corrected chi connectivity index (χ2v) is 21.8. The van der Waals surface area contributed by atoms with Crippen LogP contribution in [0, 0.1) is 0 Å². The number of hydrogen-bond acceptors (Lipinski definition) is 4. The van der Waals surface area contributed by atoms with Gasteiger partial charge in [0.1, 0.15) is 0 Å². The summed E-state index contributed by atoms with van der Waals surface area (Å²) in [5.41, 5.74) is 0. The first-order valence-electron chi connectivity index (χ1n) is 9.36. The summed E-state index contributed by atoms with van der Waals surface area (Å²) >= 11 is 0. The predicted octanol–water partition coefficient (Wildman–Crippen LogP) is 4.23. The van der Waals surface area contributed by atoms with Crippen LogP contribution in [-0.2, 0) is 8.23 Å². The summed E-state index contributed by atoms with van der Waals surface area (Å²) in [5.74, 6) is 0. The first-order chi connectivity index (χ1) is 10.5. The van der Waals surface area contributed by atoms with Crippen molar-refractivity contribution in [2.75, 3.05) is 13.1 Å². The Balaban J connectivity index is 2.63. The van der Waals surface area contributed by atoms with E-state index in [1.54, 1.807) is 0 Å². The summed E-state index contributed by atoms with van der Waals surface area (Å²) in [6, 6.07) is 1.08. The molecule has 1 aliphatic rings. The van der Waals surface area contributed by atoms with Crippen molar-refractivity contribution in [1.82, 2.24) is 10.6 Å². The van der Waals surface area contributed by atoms with Gasteiger partial charge in [-0.25, -0.2) is 0 Å². The van der Waals surface area contributed by atoms with E-state index in [1.165, 1.54) is 25.7 Å². The van der Waals surface area contributed by atoms with E-state index in [2.05, 4.69) is 56.5 Å². The smallest absolute Gasteiger partial charge is 0.314 e. The van der Waals surface area contributed by atoms with Crippen molar-refractivity contribution in [2.24, 2.45) is 0 Å². The molecule has 1 heterocycles. The van der Waals surface area contributed by atoms with Crippen molar-refractivity contribution >= 4 is 25.2 Å². The van der Waals surface area contributed by atoms with Crippen LogP contribution in [0.1, 0.15) is 32.1 Å². The summed E-state index contributed by atoms with van der Waals surface area (Å²) < 4.78 is 13.2. The average molecular weight is 377 g/mol. The van der Waals surface area contributed by atoms with Crippen molar-refractivity contribution in [3.05, 3.63) is 0 Å². The fourth-order valence-electron chi connectivity index (χ4n) is 3.26. The topological polar surface area (TPSA) is 42.5 Å². The number of rotatable bonds is 7. The Kier molecular flexibility index (Phi) is 8.67. The Morgan fingerprint density at radius 2 is 1.17 bits per heavy atom. The fraction of sp³-hybridized carbons (Fsp3) is 1.00.